The van der Waals surface area contributed by atoms with Gasteiger partial charge in [0.1, 0.15) is 17.6 Å². The van der Waals surface area contributed by atoms with Crippen molar-refractivity contribution in [1.29, 1.82) is 0 Å². The number of aromatic hydroxyl groups is 1. The summed E-state index contributed by atoms with van der Waals surface area (Å²) in [5, 5.41) is 22.9. The summed E-state index contributed by atoms with van der Waals surface area (Å²) in [5.74, 6) is -0.0897. The maximum Gasteiger partial charge on any atom is 0.354 e. The lowest BCUT2D eigenvalue weighted by Gasteiger charge is -2.36. The summed E-state index contributed by atoms with van der Waals surface area (Å²) in [5.41, 5.74) is 6.65. The molecule has 0 spiro atoms. The lowest BCUT2D eigenvalue weighted by atomic mass is 10.0. The largest absolute Gasteiger partial charge is 0.507 e. The van der Waals surface area contributed by atoms with E-state index in [0.29, 0.717) is 42.0 Å². The van der Waals surface area contributed by atoms with E-state index in [1.165, 1.54) is 102 Å². The molecular formula is C53H79N3O5. The highest BCUT2D eigenvalue weighted by molar-refractivity contribution is 5.72. The molecule has 2 atom stereocenters. The van der Waals surface area contributed by atoms with E-state index in [1.54, 1.807) is 19.1 Å². The summed E-state index contributed by atoms with van der Waals surface area (Å²) in [7, 11) is 0. The highest BCUT2D eigenvalue weighted by atomic mass is 16.9. The highest BCUT2D eigenvalue weighted by Crippen LogP contribution is 2.36. The van der Waals surface area contributed by atoms with E-state index in [1.807, 2.05) is 12.1 Å². The molecule has 0 saturated carbocycles. The molecule has 1 aromatic heterocycles. The summed E-state index contributed by atoms with van der Waals surface area (Å²) in [4.78, 5) is 14.8. The standard InChI is InChI=1S/C53H79N3O5/c1-8-10-12-14-16-18-20-22-24-26-28-36-60-53(44(7)57,59-35-27-25-23-21-19-17-15-13-11-9-2)61-45-31-34-48(49(58)39-45)52-55-50(46-32-29-40(3)37-42(46)5)54-51(56-52)47-33-30-41(4)38-43(47)6/h29-34,37-39,44,57-58H,8-28,35-36H2,1-7H3. The number of phenols is 1. The van der Waals surface area contributed by atoms with Crippen LogP contribution in [0.3, 0.4) is 0 Å². The molecule has 4 rings (SSSR count). The van der Waals surface area contributed by atoms with Crippen molar-refractivity contribution in [3.63, 3.8) is 0 Å². The first-order chi connectivity index (χ1) is 29.6. The number of hydrogen-bond donors (Lipinski definition) is 2. The summed E-state index contributed by atoms with van der Waals surface area (Å²) in [6, 6.07) is 17.4. The average molecular weight is 838 g/mol. The van der Waals surface area contributed by atoms with E-state index in [0.717, 1.165) is 71.9 Å². The summed E-state index contributed by atoms with van der Waals surface area (Å²) >= 11 is 0. The maximum absolute atomic E-state index is 11.6. The van der Waals surface area contributed by atoms with Crippen molar-refractivity contribution in [2.75, 3.05) is 13.2 Å². The number of ether oxygens (including phenoxy) is 3. The van der Waals surface area contributed by atoms with Gasteiger partial charge < -0.3 is 24.4 Å². The van der Waals surface area contributed by atoms with Crippen LogP contribution in [-0.4, -0.2) is 50.5 Å². The van der Waals surface area contributed by atoms with Crippen LogP contribution < -0.4 is 4.74 Å². The number of nitrogens with zero attached hydrogens (tertiary/aromatic N) is 3. The molecule has 1 heterocycles. The maximum atomic E-state index is 11.6. The van der Waals surface area contributed by atoms with E-state index < -0.39 is 12.1 Å². The Hall–Kier alpha value is -3.85. The third kappa shape index (κ3) is 16.7. The van der Waals surface area contributed by atoms with Gasteiger partial charge in [-0.25, -0.2) is 15.0 Å². The summed E-state index contributed by atoms with van der Waals surface area (Å²) < 4.78 is 19.2. The number of aliphatic hydroxyl groups is 1. The lowest BCUT2D eigenvalue weighted by Crippen LogP contribution is -2.51. The van der Waals surface area contributed by atoms with Crippen molar-refractivity contribution < 1.29 is 24.4 Å². The van der Waals surface area contributed by atoms with Crippen LogP contribution in [0.2, 0.25) is 0 Å². The Bertz CT molecular complexity index is 1790. The van der Waals surface area contributed by atoms with Crippen LogP contribution in [0.25, 0.3) is 34.2 Å². The van der Waals surface area contributed by atoms with Gasteiger partial charge in [0, 0.05) is 17.2 Å². The zero-order valence-electron chi connectivity index (χ0n) is 39.0. The van der Waals surface area contributed by atoms with Gasteiger partial charge in [-0.3, -0.25) is 0 Å². The molecule has 8 heteroatoms. The number of aliphatic hydroxyl groups excluding tert-OH is 1. The third-order valence-corrected chi connectivity index (χ3v) is 11.7. The number of hydrogen-bond acceptors (Lipinski definition) is 8. The summed E-state index contributed by atoms with van der Waals surface area (Å²) in [6.07, 6.45) is 24.5. The van der Waals surface area contributed by atoms with Crippen LogP contribution in [0.4, 0.5) is 0 Å². The number of rotatable bonds is 31. The molecule has 4 aromatic rings. The van der Waals surface area contributed by atoms with Gasteiger partial charge in [0.05, 0.1) is 18.8 Å². The third-order valence-electron chi connectivity index (χ3n) is 11.7. The Morgan fingerprint density at radius 1 is 0.492 bits per heavy atom. The van der Waals surface area contributed by atoms with Crippen molar-refractivity contribution >= 4 is 0 Å². The molecule has 2 unspecified atom stereocenters. The molecule has 0 aliphatic heterocycles. The Balaban J connectivity index is 1.50. The molecule has 8 nitrogen and oxygen atoms in total. The van der Waals surface area contributed by atoms with E-state index in [9.17, 15) is 10.2 Å². The Kier molecular flexibility index (Phi) is 22.3. The lowest BCUT2D eigenvalue weighted by molar-refractivity contribution is -0.377. The van der Waals surface area contributed by atoms with Crippen molar-refractivity contribution in [1.82, 2.24) is 15.0 Å². The molecule has 0 bridgehead atoms. The fourth-order valence-electron chi connectivity index (χ4n) is 8.01. The molecule has 0 radical (unpaired) electrons. The van der Waals surface area contributed by atoms with Crippen LogP contribution in [0, 0.1) is 27.7 Å². The monoisotopic (exact) mass is 838 g/mol. The summed E-state index contributed by atoms with van der Waals surface area (Å²) in [6.45, 7) is 15.2. The van der Waals surface area contributed by atoms with E-state index in [2.05, 4.69) is 65.8 Å². The zero-order chi connectivity index (χ0) is 43.9. The number of aryl methyl sites for hydroxylation is 4. The van der Waals surface area contributed by atoms with Gasteiger partial charge in [-0.15, -0.1) is 0 Å². The molecule has 3 aromatic carbocycles. The van der Waals surface area contributed by atoms with Crippen molar-refractivity contribution in [2.45, 2.75) is 195 Å². The topological polar surface area (TPSA) is 107 Å². The second kappa shape index (κ2) is 27.3. The van der Waals surface area contributed by atoms with Gasteiger partial charge in [0.25, 0.3) is 0 Å². The average Bonchev–Trinajstić information content (AvgIpc) is 3.22. The highest BCUT2D eigenvalue weighted by Gasteiger charge is 2.41. The Labute approximate surface area is 369 Å². The zero-order valence-corrected chi connectivity index (χ0v) is 39.0. The van der Waals surface area contributed by atoms with Crippen molar-refractivity contribution in [3.8, 4) is 45.7 Å². The Morgan fingerprint density at radius 2 is 0.852 bits per heavy atom. The molecule has 0 aliphatic rings. The number of aromatic nitrogens is 3. The minimum Gasteiger partial charge on any atom is -0.507 e. The van der Waals surface area contributed by atoms with Gasteiger partial charge in [0.2, 0.25) is 0 Å². The first-order valence-corrected chi connectivity index (χ1v) is 24.0. The van der Waals surface area contributed by atoms with Crippen LogP contribution in [0.1, 0.15) is 178 Å². The number of phenolic OH excluding ortho intramolecular Hbond substituents is 1. The predicted octanol–water partition coefficient (Wildman–Crippen LogP) is 14.5. The van der Waals surface area contributed by atoms with Crippen LogP contribution >= 0.6 is 0 Å². The number of benzene rings is 3. The molecule has 0 saturated heterocycles. The van der Waals surface area contributed by atoms with E-state index >= 15 is 0 Å². The molecule has 0 amide bonds. The van der Waals surface area contributed by atoms with Gasteiger partial charge in [-0.1, -0.05) is 183 Å². The fraction of sp³-hybridized carbons (Fsp3) is 0.604. The van der Waals surface area contributed by atoms with Crippen LogP contribution in [0.5, 0.6) is 11.5 Å². The smallest absolute Gasteiger partial charge is 0.354 e. The molecule has 0 aliphatic carbocycles. The van der Waals surface area contributed by atoms with Crippen molar-refractivity contribution in [3.05, 3.63) is 76.9 Å². The second-order valence-corrected chi connectivity index (χ2v) is 17.4. The first-order valence-electron chi connectivity index (χ1n) is 24.0. The van der Waals surface area contributed by atoms with Gasteiger partial charge in [-0.2, -0.15) is 0 Å². The fourth-order valence-corrected chi connectivity index (χ4v) is 8.01. The van der Waals surface area contributed by atoms with Gasteiger partial charge in [0.15, 0.2) is 17.5 Å². The first kappa shape index (κ1) is 49.8. The number of unbranched alkanes of at least 4 members (excludes halogenated alkanes) is 19. The molecule has 61 heavy (non-hydrogen) atoms. The molecule has 2 N–H and O–H groups in total. The SMILES string of the molecule is CCCCCCCCCCCCCOC(OCCCCCCCCCCCC)(Oc1ccc(-c2nc(-c3ccc(C)cc3C)nc(-c3ccc(C)cc3C)n2)c(O)c1)C(C)O. The van der Waals surface area contributed by atoms with Gasteiger partial charge in [-0.05, 0) is 70.7 Å². The molecule has 336 valence electrons. The Morgan fingerprint density at radius 3 is 1.21 bits per heavy atom. The predicted molar refractivity (Wildman–Crippen MR) is 252 cm³/mol. The van der Waals surface area contributed by atoms with E-state index in [-0.39, 0.29) is 5.75 Å². The second-order valence-electron chi connectivity index (χ2n) is 17.4. The van der Waals surface area contributed by atoms with Gasteiger partial charge >= 0.3 is 5.97 Å². The van der Waals surface area contributed by atoms with Crippen LogP contribution in [0.15, 0.2) is 54.6 Å². The van der Waals surface area contributed by atoms with E-state index in [4.69, 9.17) is 29.2 Å². The minimum absolute atomic E-state index is 0.0681. The normalized spacial score (nSPS) is 13.0. The van der Waals surface area contributed by atoms with Crippen LogP contribution in [-0.2, 0) is 9.47 Å². The van der Waals surface area contributed by atoms with Crippen molar-refractivity contribution in [2.24, 2.45) is 0 Å². The molecular weight excluding hydrogens is 759 g/mol. The molecule has 0 fully saturated rings. The quantitative estimate of drug-likeness (QED) is 0.0381. The minimum atomic E-state index is -1.73.